The van der Waals surface area contributed by atoms with Gasteiger partial charge in [0.15, 0.2) is 0 Å². The third-order valence-corrected chi connectivity index (χ3v) is 6.73. The molecule has 2 aliphatic rings. The predicted molar refractivity (Wildman–Crippen MR) is 94.6 cm³/mol. The first-order chi connectivity index (χ1) is 10.7. The number of fused-ring (bicyclic) bond motifs is 1. The van der Waals surface area contributed by atoms with Crippen molar-refractivity contribution in [1.82, 2.24) is 9.62 Å². The minimum Gasteiger partial charge on any atom is -0.327 e. The van der Waals surface area contributed by atoms with Crippen molar-refractivity contribution >= 4 is 11.9 Å². The third-order valence-electron chi connectivity index (χ3n) is 5.30. The van der Waals surface area contributed by atoms with Crippen LogP contribution in [-0.2, 0) is 0 Å². The van der Waals surface area contributed by atoms with E-state index in [-0.39, 0.29) is 11.3 Å². The number of allylic oxidation sites excluding steroid dienone is 1. The van der Waals surface area contributed by atoms with Gasteiger partial charge in [0.2, 0.25) is 0 Å². The molecule has 0 radical (unpaired) electrons. The molecule has 0 aromatic carbocycles. The lowest BCUT2D eigenvalue weighted by Gasteiger charge is -2.25. The highest BCUT2D eigenvalue weighted by Gasteiger charge is 2.41. The Morgan fingerprint density at radius 2 is 1.78 bits per heavy atom. The molecule has 0 spiro atoms. The molecular formula is C17H31F2N3S. The van der Waals surface area contributed by atoms with E-state index in [1.165, 1.54) is 12.8 Å². The number of hydrogen-bond acceptors (Lipinski definition) is 4. The summed E-state index contributed by atoms with van der Waals surface area (Å²) in [6, 6.07) is 0.605. The van der Waals surface area contributed by atoms with Crippen LogP contribution in [0.5, 0.6) is 0 Å². The van der Waals surface area contributed by atoms with Crippen molar-refractivity contribution in [2.75, 3.05) is 20.1 Å². The fourth-order valence-corrected chi connectivity index (χ4v) is 4.75. The topological polar surface area (TPSA) is 41.3 Å². The number of halogens is 2. The smallest absolute Gasteiger partial charge is 0.251 e. The van der Waals surface area contributed by atoms with Crippen LogP contribution < -0.4 is 11.1 Å². The minimum atomic E-state index is -2.68. The number of nitrogens with two attached hydrogens (primary N) is 1. The van der Waals surface area contributed by atoms with Crippen LogP contribution in [-0.4, -0.2) is 47.7 Å². The van der Waals surface area contributed by atoms with Crippen LogP contribution in [0.15, 0.2) is 12.2 Å². The van der Waals surface area contributed by atoms with Crippen LogP contribution in [0.3, 0.4) is 0 Å². The fraction of sp³-hybridized carbons (Fsp3) is 0.882. The Hall–Kier alpha value is -0.170. The normalized spacial score (nSPS) is 33.1. The third kappa shape index (κ3) is 5.15. The van der Waals surface area contributed by atoms with Crippen molar-refractivity contribution < 1.29 is 8.78 Å². The Morgan fingerprint density at radius 3 is 2.22 bits per heavy atom. The molecule has 3 nitrogen and oxygen atoms in total. The number of alkyl halides is 2. The lowest BCUT2D eigenvalue weighted by Crippen LogP contribution is -2.32. The van der Waals surface area contributed by atoms with E-state index in [4.69, 9.17) is 5.73 Å². The zero-order chi connectivity index (χ0) is 17.2. The van der Waals surface area contributed by atoms with Crippen LogP contribution in [0.1, 0.15) is 33.6 Å². The number of nitrogens with zero attached hydrogens (tertiary/aromatic N) is 1. The van der Waals surface area contributed by atoms with Gasteiger partial charge < -0.3 is 11.1 Å². The summed E-state index contributed by atoms with van der Waals surface area (Å²) >= 11 is 1.73. The number of hydrogen-bond donors (Lipinski definition) is 2. The molecule has 6 heteroatoms. The van der Waals surface area contributed by atoms with E-state index in [1.807, 2.05) is 20.0 Å². The zero-order valence-corrected chi connectivity index (χ0v) is 15.5. The van der Waals surface area contributed by atoms with Crippen LogP contribution in [0.4, 0.5) is 8.78 Å². The first-order valence-corrected chi connectivity index (χ1v) is 9.45. The molecule has 0 bridgehead atoms. The fourth-order valence-electron chi connectivity index (χ4n) is 3.50. The summed E-state index contributed by atoms with van der Waals surface area (Å²) in [7, 11) is 2.04. The van der Waals surface area contributed by atoms with Gasteiger partial charge in [0.05, 0.1) is 5.25 Å². The van der Waals surface area contributed by atoms with E-state index >= 15 is 0 Å². The van der Waals surface area contributed by atoms with Gasteiger partial charge in [0, 0.05) is 31.1 Å². The van der Waals surface area contributed by atoms with Crippen LogP contribution >= 0.6 is 11.9 Å². The van der Waals surface area contributed by atoms with E-state index in [0.717, 1.165) is 31.8 Å². The van der Waals surface area contributed by atoms with Gasteiger partial charge >= 0.3 is 0 Å². The van der Waals surface area contributed by atoms with Gasteiger partial charge in [-0.2, -0.15) is 0 Å². The highest BCUT2D eigenvalue weighted by molar-refractivity contribution is 7.97. The first kappa shape index (κ1) is 19.2. The lowest BCUT2D eigenvalue weighted by atomic mass is 10.0. The number of rotatable bonds is 7. The summed E-state index contributed by atoms with van der Waals surface area (Å²) < 4.78 is 29.0. The molecule has 2 rings (SSSR count). The molecule has 1 heterocycles. The molecule has 0 aromatic heterocycles. The monoisotopic (exact) mass is 347 g/mol. The molecule has 0 amide bonds. The van der Waals surface area contributed by atoms with Crippen LogP contribution in [0, 0.1) is 17.8 Å². The zero-order valence-electron chi connectivity index (χ0n) is 14.6. The van der Waals surface area contributed by atoms with Crippen molar-refractivity contribution in [2.45, 2.75) is 56.9 Å². The summed E-state index contributed by atoms with van der Waals surface area (Å²) in [4.78, 5) is 0. The molecule has 1 aliphatic heterocycles. The standard InChI is InChI=1S/C17H31F2N3S/c1-11(17(3,18)19)5-6-16(12(2)20)23-22-9-13-7-15(21-4)8-14(13)10-22/h5-6,11-16,21H,7-10,20H2,1-4H3/b6-5-/t11-,12?,13?,14?,15?,16?/m0/s1. The highest BCUT2D eigenvalue weighted by atomic mass is 32.2. The Labute approximate surface area is 143 Å². The van der Waals surface area contributed by atoms with Crippen LogP contribution in [0.2, 0.25) is 0 Å². The Kier molecular flexibility index (Phi) is 6.50. The summed E-state index contributed by atoms with van der Waals surface area (Å²) in [5.74, 6) is -1.93. The van der Waals surface area contributed by atoms with E-state index in [0.29, 0.717) is 6.04 Å². The second-order valence-electron chi connectivity index (χ2n) is 7.38. The van der Waals surface area contributed by atoms with E-state index in [1.54, 1.807) is 24.9 Å². The summed E-state index contributed by atoms with van der Waals surface area (Å²) in [6.07, 6.45) is 5.99. The predicted octanol–water partition coefficient (Wildman–Crippen LogP) is 3.13. The molecule has 23 heavy (non-hydrogen) atoms. The highest BCUT2D eigenvalue weighted by Crippen LogP contribution is 2.41. The van der Waals surface area contributed by atoms with Crippen molar-refractivity contribution in [3.63, 3.8) is 0 Å². The Bertz CT molecular complexity index is 397. The molecule has 2 fully saturated rings. The maximum Gasteiger partial charge on any atom is 0.251 e. The van der Waals surface area contributed by atoms with Crippen molar-refractivity contribution in [3.8, 4) is 0 Å². The molecule has 3 N–H and O–H groups in total. The van der Waals surface area contributed by atoms with Gasteiger partial charge in [-0.1, -0.05) is 31.0 Å². The average Bonchev–Trinajstić information content (AvgIpc) is 2.98. The number of nitrogens with one attached hydrogen (secondary N) is 1. The van der Waals surface area contributed by atoms with Gasteiger partial charge in [-0.3, -0.25) is 0 Å². The molecule has 5 atom stereocenters. The second-order valence-corrected chi connectivity index (χ2v) is 8.65. The molecule has 1 aliphatic carbocycles. The maximum absolute atomic E-state index is 13.3. The average molecular weight is 348 g/mol. The Balaban J connectivity index is 1.88. The lowest BCUT2D eigenvalue weighted by molar-refractivity contribution is -0.0143. The molecule has 1 saturated heterocycles. The van der Waals surface area contributed by atoms with Gasteiger partial charge in [-0.15, -0.1) is 0 Å². The van der Waals surface area contributed by atoms with E-state index in [9.17, 15) is 8.78 Å². The van der Waals surface area contributed by atoms with Gasteiger partial charge in [-0.05, 0) is 45.6 Å². The molecule has 1 saturated carbocycles. The quantitative estimate of drug-likeness (QED) is 0.548. The largest absolute Gasteiger partial charge is 0.327 e. The minimum absolute atomic E-state index is 0.0544. The maximum atomic E-state index is 13.3. The van der Waals surface area contributed by atoms with Gasteiger partial charge in [-0.25, -0.2) is 13.1 Å². The van der Waals surface area contributed by atoms with E-state index < -0.39 is 11.8 Å². The molecule has 4 unspecified atom stereocenters. The second kappa shape index (κ2) is 7.81. The van der Waals surface area contributed by atoms with Crippen LogP contribution in [0.25, 0.3) is 0 Å². The summed E-state index contributed by atoms with van der Waals surface area (Å²) in [5.41, 5.74) is 6.07. The Morgan fingerprint density at radius 1 is 1.22 bits per heavy atom. The van der Waals surface area contributed by atoms with Gasteiger partial charge in [0.25, 0.3) is 5.92 Å². The van der Waals surface area contributed by atoms with Crippen molar-refractivity contribution in [1.29, 1.82) is 0 Å². The summed E-state index contributed by atoms with van der Waals surface area (Å²) in [6.45, 7) is 6.65. The molecule has 0 aromatic rings. The first-order valence-electron chi connectivity index (χ1n) is 8.61. The summed E-state index contributed by atoms with van der Waals surface area (Å²) in [5, 5.41) is 3.44. The van der Waals surface area contributed by atoms with Crippen molar-refractivity contribution in [3.05, 3.63) is 12.2 Å². The van der Waals surface area contributed by atoms with Gasteiger partial charge in [0.1, 0.15) is 0 Å². The van der Waals surface area contributed by atoms with Crippen molar-refractivity contribution in [2.24, 2.45) is 23.5 Å². The van der Waals surface area contributed by atoms with E-state index in [2.05, 4.69) is 9.62 Å². The molecular weight excluding hydrogens is 316 g/mol. The molecule has 134 valence electrons. The SMILES string of the molecule is CNC1CC2CN(SC(/C=C\[C@H](C)C(C)(F)F)C(C)N)CC2C1.